The van der Waals surface area contributed by atoms with Crippen molar-refractivity contribution < 1.29 is 22.1 Å². The van der Waals surface area contributed by atoms with Gasteiger partial charge in [0.2, 0.25) is 0 Å². The van der Waals surface area contributed by atoms with Crippen molar-refractivity contribution in [2.45, 2.75) is 64.6 Å². The number of nitrogens with one attached hydrogen (secondary N) is 1. The third-order valence-corrected chi connectivity index (χ3v) is 5.43. The highest BCUT2D eigenvalue weighted by Gasteiger charge is 2.25. The van der Waals surface area contributed by atoms with Crippen LogP contribution in [0.4, 0.5) is 4.79 Å². The van der Waals surface area contributed by atoms with Crippen LogP contribution in [0.1, 0.15) is 58.3 Å². The molecule has 172 valence electrons. The summed E-state index contributed by atoms with van der Waals surface area (Å²) in [5.74, 6) is 0.252. The van der Waals surface area contributed by atoms with E-state index in [-0.39, 0.29) is 37.1 Å². The summed E-state index contributed by atoms with van der Waals surface area (Å²) in [6.45, 7) is 4.78. The summed E-state index contributed by atoms with van der Waals surface area (Å²) < 4.78 is 34.5. The number of carbonyl (C=O) groups excluding carboxylic acids is 1. The Bertz CT molecular complexity index is 1100. The predicted octanol–water partition coefficient (Wildman–Crippen LogP) is 1.95. The average molecular weight is 456 g/mol. The zero-order valence-electron chi connectivity index (χ0n) is 18.3. The van der Waals surface area contributed by atoms with Crippen LogP contribution in [0, 0.1) is 0 Å². The molecular weight excluding hydrogens is 426 g/mol. The first-order chi connectivity index (χ1) is 14.4. The summed E-state index contributed by atoms with van der Waals surface area (Å²) in [6.07, 6.45) is 5.94. The largest absolute Gasteiger partial charge is 0.444 e. The van der Waals surface area contributed by atoms with Gasteiger partial charge in [0, 0.05) is 6.54 Å². The minimum Gasteiger partial charge on any atom is -0.444 e. The summed E-state index contributed by atoms with van der Waals surface area (Å²) in [5.41, 5.74) is -0.623. The van der Waals surface area contributed by atoms with Crippen molar-refractivity contribution in [2.75, 3.05) is 19.4 Å². The molecule has 11 nitrogen and oxygen atoms in total. The van der Waals surface area contributed by atoms with Crippen molar-refractivity contribution in [1.82, 2.24) is 24.6 Å². The number of aromatic nitrogens is 4. The fourth-order valence-electron chi connectivity index (χ4n) is 3.51. The molecule has 0 aromatic carbocycles. The second-order valence-electron chi connectivity index (χ2n) is 8.71. The van der Waals surface area contributed by atoms with E-state index in [2.05, 4.69) is 15.1 Å². The van der Waals surface area contributed by atoms with Crippen LogP contribution in [0.2, 0.25) is 0 Å². The maximum absolute atomic E-state index is 12.7. The molecule has 0 radical (unpaired) electrons. The molecule has 1 aliphatic carbocycles. The minimum atomic E-state index is -3.66. The lowest BCUT2D eigenvalue weighted by Gasteiger charge is -2.27. The van der Waals surface area contributed by atoms with Gasteiger partial charge in [-0.2, -0.15) is 13.5 Å². The smallest absolute Gasteiger partial charge is 0.410 e. The van der Waals surface area contributed by atoms with Crippen molar-refractivity contribution in [3.8, 4) is 0 Å². The standard InChI is InChI=1S/C19H29N5O6S/c1-19(2,3)30-18(26)23(9-10-29-31(4,27)28)12-15-21-16-14(17(25)22-15)11-20-24(16)13-7-5-6-8-13/h11,13H,5-10,12H2,1-4H3,(H,21,22,25). The highest BCUT2D eigenvalue weighted by atomic mass is 32.2. The second-order valence-corrected chi connectivity index (χ2v) is 10.3. The summed E-state index contributed by atoms with van der Waals surface area (Å²) in [4.78, 5) is 33.7. The zero-order valence-corrected chi connectivity index (χ0v) is 19.1. The molecule has 12 heteroatoms. The predicted molar refractivity (Wildman–Crippen MR) is 113 cm³/mol. The summed E-state index contributed by atoms with van der Waals surface area (Å²) in [6, 6.07) is 0.199. The molecule has 0 spiro atoms. The van der Waals surface area contributed by atoms with Crippen LogP contribution >= 0.6 is 0 Å². The molecule has 0 aliphatic heterocycles. The third-order valence-electron chi connectivity index (χ3n) is 4.83. The first-order valence-corrected chi connectivity index (χ1v) is 12.0. The topological polar surface area (TPSA) is 136 Å². The molecule has 0 bridgehead atoms. The fraction of sp³-hybridized carbons (Fsp3) is 0.684. The van der Waals surface area contributed by atoms with Crippen molar-refractivity contribution in [2.24, 2.45) is 0 Å². The van der Waals surface area contributed by atoms with Gasteiger partial charge in [-0.3, -0.25) is 13.9 Å². The van der Waals surface area contributed by atoms with Crippen LogP contribution in [-0.4, -0.2) is 64.2 Å². The van der Waals surface area contributed by atoms with Crippen molar-refractivity contribution >= 4 is 27.2 Å². The van der Waals surface area contributed by atoms with Crippen molar-refractivity contribution in [1.29, 1.82) is 0 Å². The highest BCUT2D eigenvalue weighted by Crippen LogP contribution is 2.30. The highest BCUT2D eigenvalue weighted by molar-refractivity contribution is 7.85. The maximum Gasteiger partial charge on any atom is 0.410 e. The second kappa shape index (κ2) is 8.95. The van der Waals surface area contributed by atoms with Crippen LogP contribution < -0.4 is 5.56 Å². The molecule has 31 heavy (non-hydrogen) atoms. The Labute approximate surface area is 180 Å². The lowest BCUT2D eigenvalue weighted by Crippen LogP contribution is -2.39. The Morgan fingerprint density at radius 1 is 1.32 bits per heavy atom. The van der Waals surface area contributed by atoms with Gasteiger partial charge in [0.1, 0.15) is 16.8 Å². The first kappa shape index (κ1) is 23.2. The number of rotatable bonds is 7. The van der Waals surface area contributed by atoms with E-state index in [0.717, 1.165) is 31.9 Å². The van der Waals surface area contributed by atoms with Gasteiger partial charge < -0.3 is 9.72 Å². The summed E-state index contributed by atoms with van der Waals surface area (Å²) in [7, 11) is -3.66. The molecule has 1 aliphatic rings. The lowest BCUT2D eigenvalue weighted by atomic mass is 10.2. The fourth-order valence-corrected chi connectivity index (χ4v) is 3.89. The quantitative estimate of drug-likeness (QED) is 0.626. The molecule has 0 atom stereocenters. The van der Waals surface area contributed by atoms with E-state index in [1.807, 2.05) is 0 Å². The Hall–Kier alpha value is -2.47. The maximum atomic E-state index is 12.7. The molecule has 2 heterocycles. The first-order valence-electron chi connectivity index (χ1n) is 10.2. The van der Waals surface area contributed by atoms with Crippen molar-refractivity contribution in [3.05, 3.63) is 22.4 Å². The molecule has 2 aromatic heterocycles. The van der Waals surface area contributed by atoms with Crippen molar-refractivity contribution in [3.63, 3.8) is 0 Å². The van der Waals surface area contributed by atoms with Gasteiger partial charge in [-0.25, -0.2) is 14.5 Å². The van der Waals surface area contributed by atoms with Gasteiger partial charge in [-0.15, -0.1) is 0 Å². The Morgan fingerprint density at radius 2 is 2.00 bits per heavy atom. The van der Waals surface area contributed by atoms with Gasteiger partial charge >= 0.3 is 6.09 Å². The molecule has 3 rings (SSSR count). The Kier molecular flexibility index (Phi) is 6.70. The van der Waals surface area contributed by atoms with Crippen LogP contribution in [0.5, 0.6) is 0 Å². The number of amides is 1. The van der Waals surface area contributed by atoms with E-state index in [9.17, 15) is 18.0 Å². The molecule has 1 N–H and O–H groups in total. The van der Waals surface area contributed by atoms with Gasteiger partial charge in [0.15, 0.2) is 5.65 Å². The van der Waals surface area contributed by atoms with Gasteiger partial charge in [-0.1, -0.05) is 12.8 Å². The van der Waals surface area contributed by atoms with Crippen LogP contribution in [0.3, 0.4) is 0 Å². The number of hydrogen-bond donors (Lipinski definition) is 1. The van der Waals surface area contributed by atoms with Crippen LogP contribution in [0.25, 0.3) is 11.0 Å². The SMILES string of the molecule is CC(C)(C)OC(=O)N(CCOS(C)(=O)=O)Cc1nc2c(cnn2C2CCCC2)c(=O)[nH]1. The van der Waals surface area contributed by atoms with E-state index in [0.29, 0.717) is 11.0 Å². The monoisotopic (exact) mass is 455 g/mol. The van der Waals surface area contributed by atoms with E-state index in [1.54, 1.807) is 25.5 Å². The van der Waals surface area contributed by atoms with Gasteiger partial charge in [0.05, 0.1) is 31.6 Å². The number of fused-ring (bicyclic) bond motifs is 1. The molecular formula is C19H29N5O6S. The number of aromatic amines is 1. The van der Waals surface area contributed by atoms with E-state index < -0.39 is 21.8 Å². The number of ether oxygens (including phenoxy) is 1. The summed E-state index contributed by atoms with van der Waals surface area (Å²) in [5, 5.41) is 4.75. The number of carbonyl (C=O) groups is 1. The molecule has 1 saturated carbocycles. The number of hydrogen-bond acceptors (Lipinski definition) is 8. The normalized spacial score (nSPS) is 15.5. The molecule has 0 unspecified atom stereocenters. The Balaban J connectivity index is 1.87. The third kappa shape index (κ3) is 6.26. The van der Waals surface area contributed by atoms with Crippen LogP contribution in [0.15, 0.2) is 11.0 Å². The van der Waals surface area contributed by atoms with Crippen LogP contribution in [-0.2, 0) is 25.6 Å². The van der Waals surface area contributed by atoms with E-state index >= 15 is 0 Å². The number of H-pyrrole nitrogens is 1. The van der Waals surface area contributed by atoms with Gasteiger partial charge in [0.25, 0.3) is 15.7 Å². The van der Waals surface area contributed by atoms with E-state index in [4.69, 9.17) is 8.92 Å². The molecule has 0 saturated heterocycles. The zero-order chi connectivity index (χ0) is 22.8. The molecule has 2 aromatic rings. The van der Waals surface area contributed by atoms with E-state index in [1.165, 1.54) is 11.1 Å². The minimum absolute atomic E-state index is 0.0639. The average Bonchev–Trinajstić information content (AvgIpc) is 3.27. The number of nitrogens with zero attached hydrogens (tertiary/aromatic N) is 4. The Morgan fingerprint density at radius 3 is 2.61 bits per heavy atom. The molecule has 1 amide bonds. The van der Waals surface area contributed by atoms with Gasteiger partial charge in [-0.05, 0) is 33.6 Å². The summed E-state index contributed by atoms with van der Waals surface area (Å²) >= 11 is 0. The lowest BCUT2D eigenvalue weighted by molar-refractivity contribution is 0.0205. The molecule has 1 fully saturated rings.